The van der Waals surface area contributed by atoms with Crippen molar-refractivity contribution in [3.8, 4) is 0 Å². The van der Waals surface area contributed by atoms with Gasteiger partial charge in [0.15, 0.2) is 0 Å². The zero-order chi connectivity index (χ0) is 13.8. The van der Waals surface area contributed by atoms with Gasteiger partial charge in [-0.2, -0.15) is 13.2 Å². The molecular weight excluding hydrogens is 241 g/mol. The molecule has 2 nitrogen and oxygen atoms in total. The maximum absolute atomic E-state index is 12.6. The van der Waals surface area contributed by atoms with Gasteiger partial charge in [0.2, 0.25) is 0 Å². The molecule has 0 saturated heterocycles. The molecule has 0 heterocycles. The number of benzene rings is 1. The quantitative estimate of drug-likeness (QED) is 0.853. The lowest BCUT2D eigenvalue weighted by molar-refractivity contribution is -0.137. The van der Waals surface area contributed by atoms with E-state index in [9.17, 15) is 13.2 Å². The summed E-state index contributed by atoms with van der Waals surface area (Å²) in [4.78, 5) is 0. The standard InChI is InChI=1S/C13H19F3N2/c1-3-12(17)8-18-9(2)10-5-4-6-11(7-10)13(14,15)16/h4-7,9,12,18H,3,8,17H2,1-2H3/t9-,12?/m0/s1. The van der Waals surface area contributed by atoms with Crippen molar-refractivity contribution in [2.75, 3.05) is 6.54 Å². The molecule has 102 valence electrons. The molecule has 0 fully saturated rings. The van der Waals surface area contributed by atoms with Gasteiger partial charge in [-0.25, -0.2) is 0 Å². The van der Waals surface area contributed by atoms with E-state index in [1.807, 2.05) is 13.8 Å². The van der Waals surface area contributed by atoms with E-state index in [1.165, 1.54) is 12.1 Å². The zero-order valence-electron chi connectivity index (χ0n) is 10.6. The molecule has 0 radical (unpaired) electrons. The van der Waals surface area contributed by atoms with E-state index >= 15 is 0 Å². The van der Waals surface area contributed by atoms with Crippen LogP contribution in [0, 0.1) is 0 Å². The molecule has 0 bridgehead atoms. The van der Waals surface area contributed by atoms with Crippen LogP contribution < -0.4 is 11.1 Å². The minimum Gasteiger partial charge on any atom is -0.327 e. The minimum atomic E-state index is -4.30. The first-order chi connectivity index (χ1) is 8.34. The Bertz CT molecular complexity index is 377. The molecule has 0 spiro atoms. The fourth-order valence-corrected chi connectivity index (χ4v) is 1.57. The van der Waals surface area contributed by atoms with Crippen LogP contribution in [0.1, 0.15) is 37.4 Å². The summed E-state index contributed by atoms with van der Waals surface area (Å²) in [5.41, 5.74) is 5.76. The topological polar surface area (TPSA) is 38.0 Å². The fraction of sp³-hybridized carbons (Fsp3) is 0.538. The zero-order valence-corrected chi connectivity index (χ0v) is 10.6. The Kier molecular flexibility index (Phi) is 5.16. The Balaban J connectivity index is 2.71. The third kappa shape index (κ3) is 4.31. The third-order valence-electron chi connectivity index (χ3n) is 2.92. The van der Waals surface area contributed by atoms with E-state index in [0.717, 1.165) is 12.5 Å². The molecule has 1 unspecified atom stereocenters. The smallest absolute Gasteiger partial charge is 0.327 e. The van der Waals surface area contributed by atoms with Crippen molar-refractivity contribution in [1.29, 1.82) is 0 Å². The number of hydrogen-bond acceptors (Lipinski definition) is 2. The summed E-state index contributed by atoms with van der Waals surface area (Å²) in [6, 6.07) is 5.24. The lowest BCUT2D eigenvalue weighted by atomic mass is 10.0. The monoisotopic (exact) mass is 260 g/mol. The van der Waals surface area contributed by atoms with E-state index in [2.05, 4.69) is 5.32 Å². The molecule has 18 heavy (non-hydrogen) atoms. The summed E-state index contributed by atoms with van der Waals surface area (Å²) in [6.45, 7) is 4.40. The summed E-state index contributed by atoms with van der Waals surface area (Å²) in [7, 11) is 0. The number of hydrogen-bond donors (Lipinski definition) is 2. The van der Waals surface area contributed by atoms with Crippen molar-refractivity contribution in [3.63, 3.8) is 0 Å². The molecule has 1 rings (SSSR count). The Labute approximate surface area is 105 Å². The lowest BCUT2D eigenvalue weighted by Gasteiger charge is -2.18. The largest absolute Gasteiger partial charge is 0.416 e. The molecule has 1 aromatic rings. The average Bonchev–Trinajstić information content (AvgIpc) is 2.34. The highest BCUT2D eigenvalue weighted by Gasteiger charge is 2.30. The summed E-state index contributed by atoms with van der Waals surface area (Å²) in [5.74, 6) is 0. The van der Waals surface area contributed by atoms with Crippen molar-refractivity contribution >= 4 is 0 Å². The van der Waals surface area contributed by atoms with Gasteiger partial charge in [0.1, 0.15) is 0 Å². The lowest BCUT2D eigenvalue weighted by Crippen LogP contribution is -2.34. The molecule has 0 aliphatic carbocycles. The van der Waals surface area contributed by atoms with Crippen LogP contribution in [0.25, 0.3) is 0 Å². The van der Waals surface area contributed by atoms with Gasteiger partial charge in [-0.05, 0) is 31.0 Å². The number of halogens is 3. The van der Waals surface area contributed by atoms with E-state index in [-0.39, 0.29) is 12.1 Å². The van der Waals surface area contributed by atoms with Gasteiger partial charge >= 0.3 is 6.18 Å². The maximum Gasteiger partial charge on any atom is 0.416 e. The molecule has 3 N–H and O–H groups in total. The van der Waals surface area contributed by atoms with Crippen LogP contribution in [0.15, 0.2) is 24.3 Å². The number of alkyl halides is 3. The Morgan fingerprint density at radius 2 is 2.00 bits per heavy atom. The molecule has 0 aliphatic rings. The van der Waals surface area contributed by atoms with Crippen LogP contribution in [0.5, 0.6) is 0 Å². The van der Waals surface area contributed by atoms with Gasteiger partial charge in [-0.3, -0.25) is 0 Å². The van der Waals surface area contributed by atoms with Gasteiger partial charge in [-0.15, -0.1) is 0 Å². The molecular formula is C13H19F3N2. The molecule has 0 amide bonds. The van der Waals surface area contributed by atoms with E-state index in [4.69, 9.17) is 5.73 Å². The van der Waals surface area contributed by atoms with E-state index < -0.39 is 11.7 Å². The summed E-state index contributed by atoms with van der Waals surface area (Å²) in [5, 5.41) is 3.14. The molecule has 0 aromatic heterocycles. The van der Waals surface area contributed by atoms with Crippen LogP contribution in [0.3, 0.4) is 0 Å². The van der Waals surface area contributed by atoms with Gasteiger partial charge in [0.25, 0.3) is 0 Å². The normalized spacial score (nSPS) is 15.4. The summed E-state index contributed by atoms with van der Waals surface area (Å²) >= 11 is 0. The number of rotatable bonds is 5. The number of nitrogens with one attached hydrogen (secondary N) is 1. The second-order valence-corrected chi connectivity index (χ2v) is 4.42. The van der Waals surface area contributed by atoms with Crippen LogP contribution in [0.4, 0.5) is 13.2 Å². The second kappa shape index (κ2) is 6.20. The van der Waals surface area contributed by atoms with Gasteiger partial charge in [0.05, 0.1) is 5.56 Å². The van der Waals surface area contributed by atoms with Crippen LogP contribution in [-0.4, -0.2) is 12.6 Å². The molecule has 1 aromatic carbocycles. The van der Waals surface area contributed by atoms with Crippen molar-refractivity contribution in [2.45, 2.75) is 38.5 Å². The predicted octanol–water partition coefficient (Wildman–Crippen LogP) is 3.09. The highest BCUT2D eigenvalue weighted by molar-refractivity contribution is 5.27. The van der Waals surface area contributed by atoms with Gasteiger partial charge in [0, 0.05) is 18.6 Å². The first kappa shape index (κ1) is 15.0. The Morgan fingerprint density at radius 1 is 1.33 bits per heavy atom. The predicted molar refractivity (Wildman–Crippen MR) is 66.1 cm³/mol. The van der Waals surface area contributed by atoms with Crippen molar-refractivity contribution in [1.82, 2.24) is 5.32 Å². The fourth-order valence-electron chi connectivity index (χ4n) is 1.57. The van der Waals surface area contributed by atoms with Crippen LogP contribution in [-0.2, 0) is 6.18 Å². The van der Waals surface area contributed by atoms with Crippen molar-refractivity contribution in [3.05, 3.63) is 35.4 Å². The van der Waals surface area contributed by atoms with Crippen LogP contribution in [0.2, 0.25) is 0 Å². The number of nitrogens with two attached hydrogens (primary N) is 1. The van der Waals surface area contributed by atoms with Gasteiger partial charge < -0.3 is 11.1 Å². The second-order valence-electron chi connectivity index (χ2n) is 4.42. The molecule has 0 saturated carbocycles. The Morgan fingerprint density at radius 3 is 2.56 bits per heavy atom. The average molecular weight is 260 g/mol. The van der Waals surface area contributed by atoms with Gasteiger partial charge in [-0.1, -0.05) is 19.1 Å². The Hall–Kier alpha value is -1.07. The van der Waals surface area contributed by atoms with Crippen molar-refractivity contribution < 1.29 is 13.2 Å². The van der Waals surface area contributed by atoms with E-state index in [1.54, 1.807) is 6.07 Å². The molecule has 5 heteroatoms. The van der Waals surface area contributed by atoms with Crippen molar-refractivity contribution in [2.24, 2.45) is 5.73 Å². The highest BCUT2D eigenvalue weighted by Crippen LogP contribution is 2.30. The maximum atomic E-state index is 12.6. The first-order valence-corrected chi connectivity index (χ1v) is 6.00. The molecule has 0 aliphatic heterocycles. The summed E-state index contributed by atoms with van der Waals surface area (Å²) in [6.07, 6.45) is -3.46. The molecule has 2 atom stereocenters. The van der Waals surface area contributed by atoms with Crippen LogP contribution >= 0.6 is 0 Å². The third-order valence-corrected chi connectivity index (χ3v) is 2.92. The SMILES string of the molecule is CCC(N)CN[C@@H](C)c1cccc(C(F)(F)F)c1. The minimum absolute atomic E-state index is 0.0262. The highest BCUT2D eigenvalue weighted by atomic mass is 19.4. The van der Waals surface area contributed by atoms with E-state index in [0.29, 0.717) is 12.1 Å². The summed E-state index contributed by atoms with van der Waals surface area (Å²) < 4.78 is 37.7. The first-order valence-electron chi connectivity index (χ1n) is 6.00.